The predicted octanol–water partition coefficient (Wildman–Crippen LogP) is 4.46. The van der Waals surface area contributed by atoms with E-state index in [9.17, 15) is 13.6 Å². The van der Waals surface area contributed by atoms with Crippen LogP contribution in [0.15, 0.2) is 24.7 Å². The van der Waals surface area contributed by atoms with Crippen LogP contribution in [-0.2, 0) is 0 Å². The van der Waals surface area contributed by atoms with Crippen LogP contribution >= 0.6 is 11.6 Å². The topological polar surface area (TPSA) is 55.3 Å². The van der Waals surface area contributed by atoms with Gasteiger partial charge < -0.3 is 9.64 Å². The van der Waals surface area contributed by atoms with E-state index < -0.39 is 23.1 Å². The van der Waals surface area contributed by atoms with Crippen molar-refractivity contribution in [2.24, 2.45) is 0 Å². The second kappa shape index (κ2) is 7.74. The van der Waals surface area contributed by atoms with Crippen LogP contribution < -0.4 is 4.74 Å². The molecule has 0 unspecified atom stereocenters. The molecule has 2 aromatic rings. The molecule has 0 aliphatic rings. The number of nitrogens with zero attached hydrogens (tertiary/aromatic N) is 3. The molecule has 1 aromatic carbocycles. The Morgan fingerprint density at radius 3 is 2.36 bits per heavy atom. The van der Waals surface area contributed by atoms with Crippen LogP contribution in [0.25, 0.3) is 0 Å². The maximum Gasteiger partial charge on any atom is 0.261 e. The molecule has 0 saturated carbocycles. The van der Waals surface area contributed by atoms with E-state index in [1.165, 1.54) is 23.5 Å². The van der Waals surface area contributed by atoms with E-state index in [1.54, 1.807) is 27.7 Å². The lowest BCUT2D eigenvalue weighted by Crippen LogP contribution is -2.42. The summed E-state index contributed by atoms with van der Waals surface area (Å²) in [5.41, 5.74) is -0.498. The second-order valence-corrected chi connectivity index (χ2v) is 6.27. The Kier molecular flexibility index (Phi) is 5.89. The maximum atomic E-state index is 14.4. The molecule has 134 valence electrons. The Balaban J connectivity index is 2.54. The molecule has 0 spiro atoms. The van der Waals surface area contributed by atoms with Gasteiger partial charge in [0.05, 0.1) is 6.20 Å². The molecule has 0 N–H and O–H groups in total. The molecule has 0 aliphatic carbocycles. The number of carbonyl (C=O) groups is 1. The molecule has 0 aliphatic heterocycles. The Morgan fingerprint density at radius 2 is 1.80 bits per heavy atom. The third-order valence-electron chi connectivity index (χ3n) is 3.47. The van der Waals surface area contributed by atoms with Gasteiger partial charge in [0.15, 0.2) is 22.5 Å². The van der Waals surface area contributed by atoms with E-state index in [0.717, 1.165) is 6.07 Å². The summed E-state index contributed by atoms with van der Waals surface area (Å²) in [6.07, 6.45) is 2.49. The zero-order valence-electron chi connectivity index (χ0n) is 14.3. The lowest BCUT2D eigenvalue weighted by Gasteiger charge is -2.31. The summed E-state index contributed by atoms with van der Waals surface area (Å²) in [6.45, 7) is 7.16. The van der Waals surface area contributed by atoms with Crippen molar-refractivity contribution in [3.8, 4) is 11.5 Å². The largest absolute Gasteiger partial charge is 0.452 e. The quantitative estimate of drug-likeness (QED) is 0.730. The van der Waals surface area contributed by atoms with Crippen LogP contribution in [0.3, 0.4) is 0 Å². The van der Waals surface area contributed by atoms with E-state index >= 15 is 0 Å². The zero-order valence-corrected chi connectivity index (χ0v) is 15.0. The molecule has 0 fully saturated rings. The predicted molar refractivity (Wildman–Crippen MR) is 89.9 cm³/mol. The summed E-state index contributed by atoms with van der Waals surface area (Å²) in [5, 5.41) is -0.0114. The van der Waals surface area contributed by atoms with Crippen LogP contribution in [0, 0.1) is 11.6 Å². The first-order valence-corrected chi connectivity index (χ1v) is 8.05. The third kappa shape index (κ3) is 4.04. The van der Waals surface area contributed by atoms with Crippen molar-refractivity contribution in [1.82, 2.24) is 14.9 Å². The molecule has 25 heavy (non-hydrogen) atoms. The van der Waals surface area contributed by atoms with Crippen LogP contribution in [0.1, 0.15) is 38.1 Å². The van der Waals surface area contributed by atoms with E-state index in [1.807, 2.05) is 0 Å². The smallest absolute Gasteiger partial charge is 0.261 e. The number of rotatable bonds is 5. The average molecular weight is 370 g/mol. The molecule has 2 rings (SSSR count). The molecule has 0 atom stereocenters. The van der Waals surface area contributed by atoms with Crippen LogP contribution in [0.4, 0.5) is 8.78 Å². The number of ether oxygens (including phenoxy) is 1. The van der Waals surface area contributed by atoms with Crippen molar-refractivity contribution < 1.29 is 18.3 Å². The number of benzene rings is 1. The summed E-state index contributed by atoms with van der Waals surface area (Å²) >= 11 is 5.90. The minimum absolute atomic E-state index is 0.0114. The maximum absolute atomic E-state index is 14.4. The first kappa shape index (κ1) is 19.1. The Hall–Kier alpha value is -2.28. The zero-order chi connectivity index (χ0) is 18.7. The normalized spacial score (nSPS) is 11.1. The number of amides is 1. The summed E-state index contributed by atoms with van der Waals surface area (Å²) < 4.78 is 33.7. The van der Waals surface area contributed by atoms with Gasteiger partial charge in [-0.25, -0.2) is 18.7 Å². The monoisotopic (exact) mass is 369 g/mol. The van der Waals surface area contributed by atoms with Crippen molar-refractivity contribution in [3.63, 3.8) is 0 Å². The van der Waals surface area contributed by atoms with Gasteiger partial charge in [0.1, 0.15) is 17.6 Å². The van der Waals surface area contributed by atoms with Gasteiger partial charge in [-0.1, -0.05) is 11.6 Å². The minimum atomic E-state index is -1.28. The van der Waals surface area contributed by atoms with E-state index in [0.29, 0.717) is 0 Å². The Morgan fingerprint density at radius 1 is 1.16 bits per heavy atom. The summed E-state index contributed by atoms with van der Waals surface area (Å²) in [7, 11) is 0. The molecule has 0 radical (unpaired) electrons. The van der Waals surface area contributed by atoms with Crippen molar-refractivity contribution in [1.29, 1.82) is 0 Å². The highest BCUT2D eigenvalue weighted by molar-refractivity contribution is 6.30. The molecule has 0 saturated heterocycles. The van der Waals surface area contributed by atoms with Gasteiger partial charge in [-0.2, -0.15) is 0 Å². The molecular formula is C17H18ClF2N3O2. The van der Waals surface area contributed by atoms with Gasteiger partial charge in [-0.3, -0.25) is 4.79 Å². The fourth-order valence-corrected chi connectivity index (χ4v) is 2.63. The van der Waals surface area contributed by atoms with Crippen LogP contribution in [0.2, 0.25) is 5.15 Å². The molecule has 0 bridgehead atoms. The highest BCUT2D eigenvalue weighted by Gasteiger charge is 2.29. The summed E-state index contributed by atoms with van der Waals surface area (Å²) in [5.74, 6) is -3.22. The van der Waals surface area contributed by atoms with Crippen molar-refractivity contribution in [2.45, 2.75) is 39.8 Å². The molecule has 8 heteroatoms. The fraction of sp³-hybridized carbons (Fsp3) is 0.353. The highest BCUT2D eigenvalue weighted by atomic mass is 35.5. The van der Waals surface area contributed by atoms with Gasteiger partial charge in [0, 0.05) is 12.1 Å². The Bertz CT molecular complexity index is 776. The van der Waals surface area contributed by atoms with Crippen molar-refractivity contribution in [2.75, 3.05) is 0 Å². The van der Waals surface area contributed by atoms with Crippen LogP contribution in [0.5, 0.6) is 11.5 Å². The van der Waals surface area contributed by atoms with Gasteiger partial charge >= 0.3 is 0 Å². The molecule has 5 nitrogen and oxygen atoms in total. The number of hydrogen-bond donors (Lipinski definition) is 0. The van der Waals surface area contributed by atoms with E-state index in [4.69, 9.17) is 16.3 Å². The Labute approximate surface area is 149 Å². The SMILES string of the molecule is CC(C)N(C(=O)c1c(Oc2cncnc2Cl)ccc(F)c1F)C(C)C. The molecular weight excluding hydrogens is 352 g/mol. The third-order valence-corrected chi connectivity index (χ3v) is 3.75. The molecule has 1 amide bonds. The highest BCUT2D eigenvalue weighted by Crippen LogP contribution is 2.32. The number of hydrogen-bond acceptors (Lipinski definition) is 4. The standard InChI is InChI=1S/C17H18ClF2N3O2/c1-9(2)23(10(3)4)17(24)14-12(6-5-11(19)15(14)20)25-13-7-21-8-22-16(13)18/h5-10H,1-4H3. The first-order chi connectivity index (χ1) is 11.7. The van der Waals surface area contributed by atoms with Crippen molar-refractivity contribution in [3.05, 3.63) is 47.0 Å². The molecule has 1 aromatic heterocycles. The van der Waals surface area contributed by atoms with Gasteiger partial charge in [-0.05, 0) is 39.8 Å². The van der Waals surface area contributed by atoms with E-state index in [2.05, 4.69) is 9.97 Å². The summed E-state index contributed by atoms with van der Waals surface area (Å²) in [6, 6.07) is 1.63. The second-order valence-electron chi connectivity index (χ2n) is 5.91. The lowest BCUT2D eigenvalue weighted by molar-refractivity contribution is 0.0634. The van der Waals surface area contributed by atoms with Crippen LogP contribution in [-0.4, -0.2) is 32.9 Å². The lowest BCUT2D eigenvalue weighted by atomic mass is 10.1. The first-order valence-electron chi connectivity index (χ1n) is 7.68. The number of halogens is 3. The average Bonchev–Trinajstić information content (AvgIpc) is 2.52. The van der Waals surface area contributed by atoms with Gasteiger partial charge in [0.25, 0.3) is 5.91 Å². The van der Waals surface area contributed by atoms with Gasteiger partial charge in [-0.15, -0.1) is 0 Å². The van der Waals surface area contributed by atoms with E-state index in [-0.39, 0.29) is 28.7 Å². The van der Waals surface area contributed by atoms with Gasteiger partial charge in [0.2, 0.25) is 0 Å². The van der Waals surface area contributed by atoms with Crippen molar-refractivity contribution >= 4 is 17.5 Å². The fourth-order valence-electron chi connectivity index (χ4n) is 2.50. The summed E-state index contributed by atoms with van der Waals surface area (Å²) in [4.78, 5) is 21.8. The minimum Gasteiger partial charge on any atom is -0.452 e. The molecule has 1 heterocycles. The number of aromatic nitrogens is 2. The number of carbonyl (C=O) groups excluding carboxylic acids is 1.